The molecule has 0 saturated carbocycles. The molecular formula is C16H34O2. The average Bonchev–Trinajstić information content (AvgIpc) is 2.35. The molecule has 0 heterocycles. The predicted octanol–water partition coefficient (Wildman–Crippen LogP) is 4.55. The first-order chi connectivity index (χ1) is 8.66. The van der Waals surface area contributed by atoms with Crippen LogP contribution in [0, 0.1) is 5.92 Å². The Morgan fingerprint density at radius 3 is 2.00 bits per heavy atom. The van der Waals surface area contributed by atoms with Gasteiger partial charge in [-0.25, -0.2) is 0 Å². The van der Waals surface area contributed by atoms with Gasteiger partial charge in [-0.1, -0.05) is 65.2 Å². The third-order valence-electron chi connectivity index (χ3n) is 3.54. The number of hydrogen-bond donors (Lipinski definition) is 1. The molecule has 0 aliphatic carbocycles. The van der Waals surface area contributed by atoms with Crippen molar-refractivity contribution in [3.8, 4) is 0 Å². The van der Waals surface area contributed by atoms with E-state index < -0.39 is 0 Å². The van der Waals surface area contributed by atoms with E-state index >= 15 is 0 Å². The summed E-state index contributed by atoms with van der Waals surface area (Å²) >= 11 is 0. The monoisotopic (exact) mass is 258 g/mol. The fraction of sp³-hybridized carbons (Fsp3) is 1.00. The zero-order valence-electron chi connectivity index (χ0n) is 12.8. The number of aliphatic hydroxyl groups is 1. The van der Waals surface area contributed by atoms with E-state index in [2.05, 4.69) is 13.8 Å². The summed E-state index contributed by atoms with van der Waals surface area (Å²) < 4.78 is 5.33. The minimum absolute atomic E-state index is 0.324. The first-order valence-corrected chi connectivity index (χ1v) is 7.92. The van der Waals surface area contributed by atoms with Crippen LogP contribution < -0.4 is 0 Å². The topological polar surface area (TPSA) is 29.5 Å². The molecule has 2 unspecified atom stereocenters. The molecule has 0 bridgehead atoms. The van der Waals surface area contributed by atoms with Gasteiger partial charge in [0.15, 0.2) is 0 Å². The molecule has 2 nitrogen and oxygen atoms in total. The maximum absolute atomic E-state index is 9.01. The molecule has 110 valence electrons. The van der Waals surface area contributed by atoms with Crippen molar-refractivity contribution in [3.05, 3.63) is 0 Å². The fourth-order valence-electron chi connectivity index (χ4n) is 2.04. The van der Waals surface area contributed by atoms with E-state index in [4.69, 9.17) is 9.84 Å². The minimum atomic E-state index is -0.324. The molecule has 0 aromatic heterocycles. The summed E-state index contributed by atoms with van der Waals surface area (Å²) in [5.74, 6) is 0.913. The molecule has 0 aromatic carbocycles. The smallest absolute Gasteiger partial charge is 0.0745 e. The zero-order chi connectivity index (χ0) is 13.6. The molecule has 2 heteroatoms. The Balaban J connectivity index is 2.99. The van der Waals surface area contributed by atoms with Crippen LogP contribution >= 0.6 is 0 Å². The van der Waals surface area contributed by atoms with Gasteiger partial charge >= 0.3 is 0 Å². The Hall–Kier alpha value is -0.0800. The first-order valence-electron chi connectivity index (χ1n) is 7.92. The van der Waals surface area contributed by atoms with Gasteiger partial charge in [0.25, 0.3) is 0 Å². The van der Waals surface area contributed by atoms with Gasteiger partial charge in [-0.3, -0.25) is 0 Å². The van der Waals surface area contributed by atoms with Crippen molar-refractivity contribution in [1.29, 1.82) is 0 Å². The molecule has 0 spiro atoms. The maximum atomic E-state index is 9.01. The van der Waals surface area contributed by atoms with Crippen molar-refractivity contribution in [2.75, 3.05) is 13.2 Å². The van der Waals surface area contributed by atoms with Crippen LogP contribution in [-0.4, -0.2) is 24.4 Å². The molecule has 1 N–H and O–H groups in total. The maximum Gasteiger partial charge on any atom is 0.0745 e. The van der Waals surface area contributed by atoms with Gasteiger partial charge in [-0.15, -0.1) is 0 Å². The summed E-state index contributed by atoms with van der Waals surface area (Å²) in [5, 5.41) is 9.01. The standard InChI is InChI=1S/C16H34O2/c1-4-15(2)12-10-8-6-5-7-9-11-13-18-14-16(3)17/h15-17H,4-14H2,1-3H3. The van der Waals surface area contributed by atoms with Crippen LogP contribution in [0.2, 0.25) is 0 Å². The molecule has 0 aliphatic heterocycles. The van der Waals surface area contributed by atoms with E-state index in [0.29, 0.717) is 6.61 Å². The van der Waals surface area contributed by atoms with Gasteiger partial charge in [0, 0.05) is 6.61 Å². The molecule has 0 fully saturated rings. The summed E-state index contributed by atoms with van der Waals surface area (Å²) in [4.78, 5) is 0. The van der Waals surface area contributed by atoms with Crippen LogP contribution in [0.15, 0.2) is 0 Å². The second-order valence-corrected chi connectivity index (χ2v) is 5.70. The lowest BCUT2D eigenvalue weighted by Gasteiger charge is -2.08. The Kier molecular flexibility index (Phi) is 13.3. The van der Waals surface area contributed by atoms with E-state index in [1.54, 1.807) is 6.92 Å². The van der Waals surface area contributed by atoms with E-state index in [1.165, 1.54) is 51.4 Å². The van der Waals surface area contributed by atoms with Gasteiger partial charge < -0.3 is 9.84 Å². The number of rotatable bonds is 13. The number of unbranched alkanes of at least 4 members (excludes halogenated alkanes) is 6. The van der Waals surface area contributed by atoms with Crippen LogP contribution in [0.5, 0.6) is 0 Å². The third kappa shape index (κ3) is 14.0. The number of ether oxygens (including phenoxy) is 1. The Morgan fingerprint density at radius 1 is 0.889 bits per heavy atom. The number of aliphatic hydroxyl groups excluding tert-OH is 1. The highest BCUT2D eigenvalue weighted by Gasteiger charge is 1.98. The third-order valence-corrected chi connectivity index (χ3v) is 3.54. The largest absolute Gasteiger partial charge is 0.391 e. The van der Waals surface area contributed by atoms with Gasteiger partial charge in [-0.05, 0) is 19.3 Å². The zero-order valence-corrected chi connectivity index (χ0v) is 12.8. The Labute approximate surface area is 114 Å². The molecule has 18 heavy (non-hydrogen) atoms. The molecule has 0 rings (SSSR count). The van der Waals surface area contributed by atoms with E-state index in [-0.39, 0.29) is 6.10 Å². The SMILES string of the molecule is CCC(C)CCCCCCCCCOCC(C)O. The summed E-state index contributed by atoms with van der Waals surface area (Å²) in [5.41, 5.74) is 0. The quantitative estimate of drug-likeness (QED) is 0.491. The lowest BCUT2D eigenvalue weighted by atomic mass is 10.00. The number of hydrogen-bond acceptors (Lipinski definition) is 2. The minimum Gasteiger partial charge on any atom is -0.391 e. The highest BCUT2D eigenvalue weighted by atomic mass is 16.5. The van der Waals surface area contributed by atoms with Crippen LogP contribution in [0.4, 0.5) is 0 Å². The van der Waals surface area contributed by atoms with Crippen LogP contribution in [-0.2, 0) is 4.74 Å². The molecule has 0 saturated heterocycles. The molecular weight excluding hydrogens is 224 g/mol. The van der Waals surface area contributed by atoms with Crippen molar-refractivity contribution < 1.29 is 9.84 Å². The summed E-state index contributed by atoms with van der Waals surface area (Å²) in [7, 11) is 0. The normalized spacial score (nSPS) is 14.7. The van der Waals surface area contributed by atoms with Crippen molar-refractivity contribution in [3.63, 3.8) is 0 Å². The Morgan fingerprint density at radius 2 is 1.44 bits per heavy atom. The lowest BCUT2D eigenvalue weighted by Crippen LogP contribution is -2.10. The van der Waals surface area contributed by atoms with Crippen LogP contribution in [0.1, 0.15) is 78.6 Å². The highest BCUT2D eigenvalue weighted by molar-refractivity contribution is 4.52. The van der Waals surface area contributed by atoms with Gasteiger partial charge in [0.2, 0.25) is 0 Å². The molecule has 0 aliphatic rings. The van der Waals surface area contributed by atoms with Crippen molar-refractivity contribution in [2.45, 2.75) is 84.7 Å². The van der Waals surface area contributed by atoms with Crippen LogP contribution in [0.3, 0.4) is 0 Å². The van der Waals surface area contributed by atoms with Crippen LogP contribution in [0.25, 0.3) is 0 Å². The fourth-order valence-corrected chi connectivity index (χ4v) is 2.04. The van der Waals surface area contributed by atoms with E-state index in [9.17, 15) is 0 Å². The lowest BCUT2D eigenvalue weighted by molar-refractivity contribution is 0.0445. The summed E-state index contributed by atoms with van der Waals surface area (Å²) in [6.45, 7) is 7.69. The van der Waals surface area contributed by atoms with Crippen molar-refractivity contribution in [2.24, 2.45) is 5.92 Å². The molecule has 0 amide bonds. The summed E-state index contributed by atoms with van der Waals surface area (Å²) in [6.07, 6.45) is 11.7. The first kappa shape index (κ1) is 17.9. The van der Waals surface area contributed by atoms with E-state index in [0.717, 1.165) is 18.9 Å². The second kappa shape index (κ2) is 13.4. The molecule has 0 aromatic rings. The van der Waals surface area contributed by atoms with Gasteiger partial charge in [0.1, 0.15) is 0 Å². The summed E-state index contributed by atoms with van der Waals surface area (Å²) in [6, 6.07) is 0. The molecule has 2 atom stereocenters. The van der Waals surface area contributed by atoms with Gasteiger partial charge in [-0.2, -0.15) is 0 Å². The van der Waals surface area contributed by atoms with Gasteiger partial charge in [0.05, 0.1) is 12.7 Å². The second-order valence-electron chi connectivity index (χ2n) is 5.70. The predicted molar refractivity (Wildman–Crippen MR) is 78.9 cm³/mol. The average molecular weight is 258 g/mol. The van der Waals surface area contributed by atoms with E-state index in [1.807, 2.05) is 0 Å². The van der Waals surface area contributed by atoms with Crippen molar-refractivity contribution in [1.82, 2.24) is 0 Å². The Bertz CT molecular complexity index is 157. The van der Waals surface area contributed by atoms with Crippen molar-refractivity contribution >= 4 is 0 Å². The molecule has 0 radical (unpaired) electrons. The highest BCUT2D eigenvalue weighted by Crippen LogP contribution is 2.14.